The summed E-state index contributed by atoms with van der Waals surface area (Å²) in [6.07, 6.45) is 1.09. The molecule has 1 saturated heterocycles. The van der Waals surface area contributed by atoms with E-state index in [2.05, 4.69) is 16.3 Å². The van der Waals surface area contributed by atoms with Crippen LogP contribution < -0.4 is 5.32 Å². The highest BCUT2D eigenvalue weighted by Crippen LogP contribution is 2.30. The van der Waals surface area contributed by atoms with Gasteiger partial charge in [-0.05, 0) is 48.4 Å². The van der Waals surface area contributed by atoms with Crippen molar-refractivity contribution < 1.29 is 4.39 Å². The van der Waals surface area contributed by atoms with Gasteiger partial charge >= 0.3 is 0 Å². The number of rotatable bonds is 3. The van der Waals surface area contributed by atoms with Crippen molar-refractivity contribution in [2.24, 2.45) is 0 Å². The van der Waals surface area contributed by atoms with Gasteiger partial charge in [-0.3, -0.25) is 4.90 Å². The first kappa shape index (κ1) is 15.5. The standard InChI is InChI=1S/C18H20ClFN2/c19-16-6-1-4-14(12-16)18(15-5-2-7-17(20)13-15)22-10-3-8-21-9-11-22/h1-2,4-7,12-13,18,21H,3,8-11H2. The maximum Gasteiger partial charge on any atom is 0.123 e. The van der Waals surface area contributed by atoms with Crippen molar-refractivity contribution in [3.05, 3.63) is 70.5 Å². The molecular formula is C18H20ClFN2. The number of halogens is 2. The van der Waals surface area contributed by atoms with E-state index in [0.29, 0.717) is 5.02 Å². The zero-order chi connectivity index (χ0) is 15.4. The predicted octanol–water partition coefficient (Wildman–Crippen LogP) is 3.86. The van der Waals surface area contributed by atoms with Crippen molar-refractivity contribution in [3.63, 3.8) is 0 Å². The van der Waals surface area contributed by atoms with Crippen LogP contribution in [0.5, 0.6) is 0 Å². The van der Waals surface area contributed by atoms with Gasteiger partial charge in [-0.25, -0.2) is 4.39 Å². The third kappa shape index (κ3) is 3.67. The number of nitrogens with zero attached hydrogens (tertiary/aromatic N) is 1. The molecule has 2 aromatic carbocycles. The number of nitrogens with one attached hydrogen (secondary N) is 1. The minimum Gasteiger partial charge on any atom is -0.315 e. The van der Waals surface area contributed by atoms with Crippen molar-refractivity contribution in [2.45, 2.75) is 12.5 Å². The second-order valence-electron chi connectivity index (χ2n) is 5.65. The Morgan fingerprint density at radius 1 is 1.00 bits per heavy atom. The van der Waals surface area contributed by atoms with Crippen LogP contribution in [0.2, 0.25) is 5.02 Å². The fourth-order valence-electron chi connectivity index (χ4n) is 3.09. The zero-order valence-corrected chi connectivity index (χ0v) is 13.2. The van der Waals surface area contributed by atoms with Crippen LogP contribution in [0.1, 0.15) is 23.6 Å². The number of benzene rings is 2. The summed E-state index contributed by atoms with van der Waals surface area (Å²) >= 11 is 6.17. The average molecular weight is 319 g/mol. The number of hydrogen-bond acceptors (Lipinski definition) is 2. The van der Waals surface area contributed by atoms with Crippen LogP contribution in [0.4, 0.5) is 4.39 Å². The van der Waals surface area contributed by atoms with Crippen LogP contribution in [-0.2, 0) is 0 Å². The molecule has 4 heteroatoms. The Bertz CT molecular complexity index is 578. The molecule has 1 aliphatic rings. The summed E-state index contributed by atoms with van der Waals surface area (Å²) in [4.78, 5) is 2.40. The van der Waals surface area contributed by atoms with Gasteiger partial charge in [0.1, 0.15) is 5.82 Å². The van der Waals surface area contributed by atoms with Crippen LogP contribution in [-0.4, -0.2) is 31.1 Å². The molecule has 116 valence electrons. The molecule has 3 rings (SSSR count). The van der Waals surface area contributed by atoms with Crippen molar-refractivity contribution in [2.75, 3.05) is 26.2 Å². The lowest BCUT2D eigenvalue weighted by Crippen LogP contribution is -2.33. The third-order valence-electron chi connectivity index (χ3n) is 4.07. The van der Waals surface area contributed by atoms with Crippen LogP contribution in [0.15, 0.2) is 48.5 Å². The summed E-state index contributed by atoms with van der Waals surface area (Å²) in [6.45, 7) is 3.91. The van der Waals surface area contributed by atoms with Gasteiger partial charge in [0.05, 0.1) is 6.04 Å². The smallest absolute Gasteiger partial charge is 0.123 e. The van der Waals surface area contributed by atoms with Gasteiger partial charge in [-0.1, -0.05) is 35.9 Å². The molecule has 2 aromatic rings. The van der Waals surface area contributed by atoms with Gasteiger partial charge < -0.3 is 5.32 Å². The molecule has 1 fully saturated rings. The normalized spacial score (nSPS) is 17.9. The largest absolute Gasteiger partial charge is 0.315 e. The molecule has 1 aliphatic heterocycles. The van der Waals surface area contributed by atoms with Gasteiger partial charge in [0.25, 0.3) is 0 Å². The average Bonchev–Trinajstić information content (AvgIpc) is 2.77. The molecule has 1 heterocycles. The highest BCUT2D eigenvalue weighted by molar-refractivity contribution is 6.30. The minimum atomic E-state index is -0.197. The second kappa shape index (κ2) is 7.23. The Balaban J connectivity index is 2.01. The van der Waals surface area contributed by atoms with Gasteiger partial charge in [0, 0.05) is 24.7 Å². The van der Waals surface area contributed by atoms with Crippen LogP contribution in [0, 0.1) is 5.82 Å². The molecule has 0 aliphatic carbocycles. The minimum absolute atomic E-state index is 0.0364. The van der Waals surface area contributed by atoms with Crippen molar-refractivity contribution in [1.82, 2.24) is 10.2 Å². The molecule has 1 N–H and O–H groups in total. The second-order valence-corrected chi connectivity index (χ2v) is 6.09. The highest BCUT2D eigenvalue weighted by atomic mass is 35.5. The summed E-state index contributed by atoms with van der Waals surface area (Å²) in [7, 11) is 0. The van der Waals surface area contributed by atoms with E-state index in [1.165, 1.54) is 6.07 Å². The van der Waals surface area contributed by atoms with E-state index in [9.17, 15) is 4.39 Å². The molecule has 0 aromatic heterocycles. The summed E-state index contributed by atoms with van der Waals surface area (Å²) in [5.74, 6) is -0.197. The summed E-state index contributed by atoms with van der Waals surface area (Å²) in [5.41, 5.74) is 2.09. The highest BCUT2D eigenvalue weighted by Gasteiger charge is 2.23. The van der Waals surface area contributed by atoms with Crippen LogP contribution in [0.25, 0.3) is 0 Å². The molecule has 0 radical (unpaired) electrons. The van der Waals surface area contributed by atoms with E-state index in [1.54, 1.807) is 12.1 Å². The molecule has 1 atom stereocenters. The number of hydrogen-bond donors (Lipinski definition) is 1. The Labute approximate surface area is 135 Å². The van der Waals surface area contributed by atoms with E-state index in [-0.39, 0.29) is 11.9 Å². The fraction of sp³-hybridized carbons (Fsp3) is 0.333. The Morgan fingerprint density at radius 3 is 2.55 bits per heavy atom. The molecule has 1 unspecified atom stereocenters. The van der Waals surface area contributed by atoms with E-state index >= 15 is 0 Å². The van der Waals surface area contributed by atoms with Gasteiger partial charge in [-0.15, -0.1) is 0 Å². The third-order valence-corrected chi connectivity index (χ3v) is 4.30. The maximum atomic E-state index is 13.7. The topological polar surface area (TPSA) is 15.3 Å². The van der Waals surface area contributed by atoms with Crippen molar-refractivity contribution in [1.29, 1.82) is 0 Å². The quantitative estimate of drug-likeness (QED) is 0.924. The first-order valence-electron chi connectivity index (χ1n) is 7.70. The lowest BCUT2D eigenvalue weighted by Gasteiger charge is -2.31. The Hall–Kier alpha value is -1.42. The molecule has 2 nitrogen and oxygen atoms in total. The zero-order valence-electron chi connectivity index (χ0n) is 12.4. The van der Waals surface area contributed by atoms with E-state index in [0.717, 1.165) is 43.7 Å². The predicted molar refractivity (Wildman–Crippen MR) is 88.8 cm³/mol. The van der Waals surface area contributed by atoms with E-state index in [1.807, 2.05) is 24.3 Å². The van der Waals surface area contributed by atoms with Gasteiger partial charge in [-0.2, -0.15) is 0 Å². The first-order valence-corrected chi connectivity index (χ1v) is 8.07. The molecule has 22 heavy (non-hydrogen) atoms. The summed E-state index contributed by atoms with van der Waals surface area (Å²) in [6, 6.07) is 14.8. The molecule has 0 bridgehead atoms. The molecule has 0 amide bonds. The lowest BCUT2D eigenvalue weighted by molar-refractivity contribution is 0.240. The van der Waals surface area contributed by atoms with Crippen molar-refractivity contribution in [3.8, 4) is 0 Å². The summed E-state index contributed by atoms with van der Waals surface area (Å²) in [5, 5.41) is 4.13. The van der Waals surface area contributed by atoms with Gasteiger partial charge in [0.15, 0.2) is 0 Å². The first-order chi connectivity index (χ1) is 10.7. The Kier molecular flexibility index (Phi) is 5.08. The molecule has 0 spiro atoms. The van der Waals surface area contributed by atoms with E-state index < -0.39 is 0 Å². The maximum absolute atomic E-state index is 13.7. The molecule has 0 saturated carbocycles. The lowest BCUT2D eigenvalue weighted by atomic mass is 9.96. The van der Waals surface area contributed by atoms with Crippen LogP contribution >= 0.6 is 11.6 Å². The summed E-state index contributed by atoms with van der Waals surface area (Å²) < 4.78 is 13.7. The van der Waals surface area contributed by atoms with Crippen LogP contribution in [0.3, 0.4) is 0 Å². The van der Waals surface area contributed by atoms with Gasteiger partial charge in [0.2, 0.25) is 0 Å². The fourth-order valence-corrected chi connectivity index (χ4v) is 3.29. The monoisotopic (exact) mass is 318 g/mol. The SMILES string of the molecule is Fc1cccc(C(c2cccc(Cl)c2)N2CCCNCC2)c1. The van der Waals surface area contributed by atoms with Crippen molar-refractivity contribution >= 4 is 11.6 Å². The van der Waals surface area contributed by atoms with E-state index in [4.69, 9.17) is 11.6 Å². The molecular weight excluding hydrogens is 299 g/mol. The Morgan fingerprint density at radius 2 is 1.77 bits per heavy atom.